The van der Waals surface area contributed by atoms with Crippen molar-refractivity contribution in [3.8, 4) is 0 Å². The molecule has 0 atom stereocenters. The number of methoxy groups -OCH3 is 1. The van der Waals surface area contributed by atoms with Crippen LogP contribution in [0.3, 0.4) is 0 Å². The fourth-order valence-electron chi connectivity index (χ4n) is 2.61. The normalized spacial score (nSPS) is 14.5. The van der Waals surface area contributed by atoms with E-state index in [-0.39, 0.29) is 18.4 Å². The number of ether oxygens (including phenoxy) is 1. The zero-order valence-electron chi connectivity index (χ0n) is 13.9. The van der Waals surface area contributed by atoms with Crippen molar-refractivity contribution in [2.24, 2.45) is 0 Å². The summed E-state index contributed by atoms with van der Waals surface area (Å²) in [5, 5.41) is 6.07. The highest BCUT2D eigenvalue weighted by Crippen LogP contribution is 2.23. The highest BCUT2D eigenvalue weighted by molar-refractivity contribution is 6.34. The number of amides is 2. The predicted octanol–water partition coefficient (Wildman–Crippen LogP) is 2.14. The quantitative estimate of drug-likeness (QED) is 0.737. The van der Waals surface area contributed by atoms with Gasteiger partial charge in [0.05, 0.1) is 23.7 Å². The molecule has 1 aliphatic rings. The van der Waals surface area contributed by atoms with Crippen LogP contribution in [0.2, 0.25) is 5.02 Å². The molecule has 2 rings (SSSR count). The number of carbonyl (C=O) groups excluding carboxylic acids is 2. The summed E-state index contributed by atoms with van der Waals surface area (Å²) in [6.07, 6.45) is 3.24. The van der Waals surface area contributed by atoms with Crippen LogP contribution in [0.5, 0.6) is 0 Å². The number of piperidine rings is 1. The average molecular weight is 354 g/mol. The van der Waals surface area contributed by atoms with E-state index >= 15 is 0 Å². The van der Waals surface area contributed by atoms with Gasteiger partial charge in [-0.25, -0.2) is 0 Å². The summed E-state index contributed by atoms with van der Waals surface area (Å²) >= 11 is 6.24. The molecule has 0 unspecified atom stereocenters. The van der Waals surface area contributed by atoms with E-state index in [0.29, 0.717) is 29.4 Å². The summed E-state index contributed by atoms with van der Waals surface area (Å²) in [6.45, 7) is 2.90. The van der Waals surface area contributed by atoms with Crippen LogP contribution >= 0.6 is 11.6 Å². The molecule has 2 amide bonds. The minimum Gasteiger partial charge on any atom is -0.383 e. The zero-order valence-corrected chi connectivity index (χ0v) is 14.7. The molecular formula is C17H24ClN3O3. The lowest BCUT2D eigenvalue weighted by Gasteiger charge is -2.27. The topological polar surface area (TPSA) is 70.7 Å². The Bertz CT molecular complexity index is 574. The first kappa shape index (κ1) is 18.7. The molecular weight excluding hydrogens is 330 g/mol. The number of likely N-dealkylation sites (tertiary alicyclic amines) is 1. The monoisotopic (exact) mass is 353 g/mol. The number of nitrogens with zero attached hydrogens (tertiary/aromatic N) is 1. The molecule has 6 nitrogen and oxygen atoms in total. The van der Waals surface area contributed by atoms with Gasteiger partial charge in [-0.15, -0.1) is 0 Å². The Hall–Kier alpha value is -1.63. The maximum Gasteiger partial charge on any atom is 0.255 e. The maximum absolute atomic E-state index is 12.5. The Morgan fingerprint density at radius 3 is 2.67 bits per heavy atom. The van der Waals surface area contributed by atoms with E-state index in [0.717, 1.165) is 25.9 Å². The van der Waals surface area contributed by atoms with Crippen molar-refractivity contribution in [1.29, 1.82) is 0 Å². The molecule has 0 saturated carbocycles. The van der Waals surface area contributed by atoms with Crippen LogP contribution in [0, 0.1) is 0 Å². The Morgan fingerprint density at radius 2 is 2.00 bits per heavy atom. The van der Waals surface area contributed by atoms with Crippen LogP contribution in [0.15, 0.2) is 18.2 Å². The first-order chi connectivity index (χ1) is 11.6. The summed E-state index contributed by atoms with van der Waals surface area (Å²) in [5.41, 5.74) is 1.06. The number of hydrogen-bond acceptors (Lipinski definition) is 4. The van der Waals surface area contributed by atoms with Crippen LogP contribution in [0.4, 0.5) is 5.69 Å². The fourth-order valence-corrected chi connectivity index (χ4v) is 2.88. The van der Waals surface area contributed by atoms with E-state index in [1.807, 2.05) is 4.90 Å². The van der Waals surface area contributed by atoms with Crippen LogP contribution in [-0.2, 0) is 9.53 Å². The molecule has 1 heterocycles. The first-order valence-electron chi connectivity index (χ1n) is 8.20. The molecule has 0 radical (unpaired) electrons. The molecule has 1 fully saturated rings. The van der Waals surface area contributed by atoms with Gasteiger partial charge < -0.3 is 20.3 Å². The number of benzene rings is 1. The maximum atomic E-state index is 12.5. The lowest BCUT2D eigenvalue weighted by molar-refractivity contribution is -0.115. The third-order valence-electron chi connectivity index (χ3n) is 3.90. The minimum absolute atomic E-state index is 0.0428. The lowest BCUT2D eigenvalue weighted by Crippen LogP contribution is -2.35. The minimum atomic E-state index is -0.169. The van der Waals surface area contributed by atoms with Gasteiger partial charge >= 0.3 is 0 Å². The highest BCUT2D eigenvalue weighted by Gasteiger charge is 2.20. The van der Waals surface area contributed by atoms with Crippen LogP contribution in [0.1, 0.15) is 29.6 Å². The van der Waals surface area contributed by atoms with Crippen LogP contribution in [0.25, 0.3) is 0 Å². The average Bonchev–Trinajstić information content (AvgIpc) is 2.59. The molecule has 24 heavy (non-hydrogen) atoms. The molecule has 0 spiro atoms. The Labute approximate surface area is 147 Å². The van der Waals surface area contributed by atoms with Gasteiger partial charge in [0.2, 0.25) is 5.91 Å². The molecule has 1 aliphatic heterocycles. The van der Waals surface area contributed by atoms with Crippen LogP contribution < -0.4 is 10.6 Å². The fraction of sp³-hybridized carbons (Fsp3) is 0.529. The predicted molar refractivity (Wildman–Crippen MR) is 94.6 cm³/mol. The molecule has 0 aliphatic carbocycles. The number of hydrogen-bond donors (Lipinski definition) is 2. The molecule has 1 aromatic carbocycles. The van der Waals surface area contributed by atoms with E-state index in [1.165, 1.54) is 6.42 Å². The summed E-state index contributed by atoms with van der Waals surface area (Å²) in [7, 11) is 1.61. The number of nitrogens with one attached hydrogen (secondary N) is 2. The van der Waals surface area contributed by atoms with Crippen molar-refractivity contribution in [2.45, 2.75) is 19.3 Å². The molecule has 1 saturated heterocycles. The van der Waals surface area contributed by atoms with Crippen molar-refractivity contribution in [1.82, 2.24) is 10.2 Å². The summed E-state index contributed by atoms with van der Waals surface area (Å²) in [5.74, 6) is -0.212. The second-order valence-electron chi connectivity index (χ2n) is 5.77. The highest BCUT2D eigenvalue weighted by atomic mass is 35.5. The Balaban J connectivity index is 1.91. The number of rotatable bonds is 7. The second kappa shape index (κ2) is 9.61. The van der Waals surface area contributed by atoms with Gasteiger partial charge in [-0.1, -0.05) is 11.6 Å². The van der Waals surface area contributed by atoms with Crippen molar-refractivity contribution >= 4 is 29.1 Å². The Kier molecular flexibility index (Phi) is 7.49. The SMILES string of the molecule is COCCNCC(=O)Nc1ccc(C(=O)N2CCCCC2)c(Cl)c1. The van der Waals surface area contributed by atoms with Crippen molar-refractivity contribution in [2.75, 3.05) is 45.2 Å². The van der Waals surface area contributed by atoms with E-state index in [1.54, 1.807) is 25.3 Å². The summed E-state index contributed by atoms with van der Waals surface area (Å²) in [6, 6.07) is 5.00. The molecule has 2 N–H and O–H groups in total. The third-order valence-corrected chi connectivity index (χ3v) is 4.21. The third kappa shape index (κ3) is 5.47. The standard InChI is InChI=1S/C17H24ClN3O3/c1-24-10-7-19-12-16(22)20-13-5-6-14(15(18)11-13)17(23)21-8-3-2-4-9-21/h5-6,11,19H,2-4,7-10,12H2,1H3,(H,20,22). The van der Waals surface area contributed by atoms with Gasteiger partial charge in [-0.05, 0) is 37.5 Å². The van der Waals surface area contributed by atoms with Crippen molar-refractivity contribution in [3.63, 3.8) is 0 Å². The van der Waals surface area contributed by atoms with E-state index in [9.17, 15) is 9.59 Å². The number of carbonyl (C=O) groups is 2. The number of halogens is 1. The first-order valence-corrected chi connectivity index (χ1v) is 8.58. The van der Waals surface area contributed by atoms with E-state index < -0.39 is 0 Å². The zero-order chi connectivity index (χ0) is 17.4. The second-order valence-corrected chi connectivity index (χ2v) is 6.17. The molecule has 132 valence electrons. The van der Waals surface area contributed by atoms with E-state index in [2.05, 4.69) is 10.6 Å². The largest absolute Gasteiger partial charge is 0.383 e. The van der Waals surface area contributed by atoms with Gasteiger partial charge in [-0.3, -0.25) is 9.59 Å². The van der Waals surface area contributed by atoms with Crippen molar-refractivity contribution in [3.05, 3.63) is 28.8 Å². The molecule has 0 bridgehead atoms. The Morgan fingerprint density at radius 1 is 1.25 bits per heavy atom. The van der Waals surface area contributed by atoms with Gasteiger partial charge in [0.25, 0.3) is 5.91 Å². The van der Waals surface area contributed by atoms with Crippen LogP contribution in [-0.4, -0.2) is 56.6 Å². The van der Waals surface area contributed by atoms with Gasteiger partial charge in [0.15, 0.2) is 0 Å². The molecule has 7 heteroatoms. The smallest absolute Gasteiger partial charge is 0.255 e. The van der Waals surface area contributed by atoms with Crippen molar-refractivity contribution < 1.29 is 14.3 Å². The lowest BCUT2D eigenvalue weighted by atomic mass is 10.1. The summed E-state index contributed by atoms with van der Waals surface area (Å²) < 4.78 is 4.90. The van der Waals surface area contributed by atoms with E-state index in [4.69, 9.17) is 16.3 Å². The summed E-state index contributed by atoms with van der Waals surface area (Å²) in [4.78, 5) is 26.1. The van der Waals surface area contributed by atoms with Gasteiger partial charge in [-0.2, -0.15) is 0 Å². The number of anilines is 1. The van der Waals surface area contributed by atoms with Gasteiger partial charge in [0, 0.05) is 32.4 Å². The molecule has 0 aromatic heterocycles. The molecule has 1 aromatic rings. The van der Waals surface area contributed by atoms with Gasteiger partial charge in [0.1, 0.15) is 0 Å².